The van der Waals surface area contributed by atoms with Gasteiger partial charge in [0.25, 0.3) is 5.56 Å². The largest absolute Gasteiger partial charge is 0.381 e. The molecule has 0 radical (unpaired) electrons. The molecule has 1 aliphatic heterocycles. The van der Waals surface area contributed by atoms with Gasteiger partial charge >= 0.3 is 0 Å². The monoisotopic (exact) mass is 476 g/mol. The molecular formula is C19H33IN4O2. The molecule has 0 saturated carbocycles. The van der Waals surface area contributed by atoms with Crippen LogP contribution in [0, 0.1) is 12.8 Å². The lowest BCUT2D eigenvalue weighted by Crippen LogP contribution is -2.41. The van der Waals surface area contributed by atoms with Crippen LogP contribution in [0.5, 0.6) is 0 Å². The fourth-order valence-corrected chi connectivity index (χ4v) is 3.15. The number of halogens is 1. The van der Waals surface area contributed by atoms with E-state index in [1.165, 1.54) is 0 Å². The van der Waals surface area contributed by atoms with Crippen molar-refractivity contribution in [3.8, 4) is 0 Å². The van der Waals surface area contributed by atoms with Crippen molar-refractivity contribution in [2.75, 3.05) is 39.9 Å². The maximum Gasteiger partial charge on any atom is 0.250 e. The Hall–Kier alpha value is -1.09. The average molecular weight is 476 g/mol. The lowest BCUT2D eigenvalue weighted by atomic mass is 10.1. The van der Waals surface area contributed by atoms with Gasteiger partial charge in [0, 0.05) is 57.5 Å². The third-order valence-electron chi connectivity index (χ3n) is 4.57. The second-order valence-electron chi connectivity index (χ2n) is 6.71. The van der Waals surface area contributed by atoms with E-state index in [9.17, 15) is 4.79 Å². The van der Waals surface area contributed by atoms with Gasteiger partial charge in [-0.25, -0.2) is 0 Å². The quantitative estimate of drug-likeness (QED) is 0.271. The topological polar surface area (TPSA) is 58.9 Å². The molecule has 2 heterocycles. The van der Waals surface area contributed by atoms with Crippen LogP contribution in [-0.4, -0.2) is 55.3 Å². The Bertz CT molecular complexity index is 612. The van der Waals surface area contributed by atoms with Crippen LogP contribution in [0.15, 0.2) is 28.0 Å². The third kappa shape index (κ3) is 7.26. The summed E-state index contributed by atoms with van der Waals surface area (Å²) in [6.07, 6.45) is 3.05. The molecule has 0 aromatic carbocycles. The maximum atomic E-state index is 11.9. The summed E-state index contributed by atoms with van der Waals surface area (Å²) < 4.78 is 7.29. The minimum absolute atomic E-state index is 0. The molecule has 148 valence electrons. The minimum atomic E-state index is 0. The van der Waals surface area contributed by atoms with E-state index in [-0.39, 0.29) is 29.5 Å². The fourth-order valence-electron chi connectivity index (χ4n) is 3.15. The summed E-state index contributed by atoms with van der Waals surface area (Å²) in [5.74, 6) is 1.56. The van der Waals surface area contributed by atoms with Crippen molar-refractivity contribution >= 4 is 29.9 Å². The number of hydrogen-bond donors (Lipinski definition) is 1. The number of ether oxygens (including phenoxy) is 1. The van der Waals surface area contributed by atoms with Crippen LogP contribution in [0.25, 0.3) is 0 Å². The zero-order valence-electron chi connectivity index (χ0n) is 16.2. The van der Waals surface area contributed by atoms with Gasteiger partial charge in [-0.3, -0.25) is 9.79 Å². The number of aliphatic imine (C=N–C) groups is 1. The molecule has 1 aromatic rings. The summed E-state index contributed by atoms with van der Waals surface area (Å²) in [4.78, 5) is 18.8. The molecule has 6 nitrogen and oxygen atoms in total. The second-order valence-corrected chi connectivity index (χ2v) is 6.71. The van der Waals surface area contributed by atoms with Crippen molar-refractivity contribution in [2.45, 2.75) is 39.7 Å². The first-order chi connectivity index (χ1) is 12.1. The van der Waals surface area contributed by atoms with Crippen molar-refractivity contribution in [1.29, 1.82) is 0 Å². The number of nitrogens with zero attached hydrogens (tertiary/aromatic N) is 3. The molecule has 1 aliphatic rings. The van der Waals surface area contributed by atoms with Crippen molar-refractivity contribution in [3.63, 3.8) is 0 Å². The highest BCUT2D eigenvalue weighted by Crippen LogP contribution is 2.13. The van der Waals surface area contributed by atoms with Crippen molar-refractivity contribution in [2.24, 2.45) is 10.9 Å². The molecule has 1 N–H and O–H groups in total. The van der Waals surface area contributed by atoms with Gasteiger partial charge in [0.1, 0.15) is 0 Å². The molecule has 1 atom stereocenters. The van der Waals surface area contributed by atoms with Crippen LogP contribution in [-0.2, 0) is 11.3 Å². The first kappa shape index (κ1) is 23.0. The molecule has 1 unspecified atom stereocenters. The zero-order chi connectivity index (χ0) is 18.1. The molecule has 7 heteroatoms. The van der Waals surface area contributed by atoms with E-state index in [1.807, 2.05) is 23.6 Å². The van der Waals surface area contributed by atoms with Crippen LogP contribution in [0.2, 0.25) is 0 Å². The summed E-state index contributed by atoms with van der Waals surface area (Å²) in [5, 5.41) is 3.36. The number of aromatic nitrogens is 1. The van der Waals surface area contributed by atoms with Crippen LogP contribution in [0.1, 0.15) is 31.9 Å². The summed E-state index contributed by atoms with van der Waals surface area (Å²) >= 11 is 0. The van der Waals surface area contributed by atoms with E-state index in [2.05, 4.69) is 24.2 Å². The van der Waals surface area contributed by atoms with Crippen LogP contribution in [0.4, 0.5) is 0 Å². The van der Waals surface area contributed by atoms with E-state index in [0.717, 1.165) is 70.3 Å². The summed E-state index contributed by atoms with van der Waals surface area (Å²) in [6.45, 7) is 9.17. The Morgan fingerprint density at radius 3 is 2.88 bits per heavy atom. The van der Waals surface area contributed by atoms with E-state index < -0.39 is 0 Å². The molecule has 1 saturated heterocycles. The van der Waals surface area contributed by atoms with Gasteiger partial charge in [-0.1, -0.05) is 6.07 Å². The zero-order valence-corrected chi connectivity index (χ0v) is 18.6. The van der Waals surface area contributed by atoms with Gasteiger partial charge in [-0.15, -0.1) is 24.0 Å². The normalized spacial score (nSPS) is 17.0. The van der Waals surface area contributed by atoms with E-state index in [4.69, 9.17) is 9.73 Å². The molecule has 1 fully saturated rings. The summed E-state index contributed by atoms with van der Waals surface area (Å²) in [7, 11) is 2.09. The molecule has 26 heavy (non-hydrogen) atoms. The van der Waals surface area contributed by atoms with Gasteiger partial charge in [-0.05, 0) is 39.2 Å². The highest BCUT2D eigenvalue weighted by atomic mass is 127. The van der Waals surface area contributed by atoms with Crippen LogP contribution in [0.3, 0.4) is 0 Å². The van der Waals surface area contributed by atoms with Gasteiger partial charge in [0.2, 0.25) is 0 Å². The number of pyridine rings is 1. The van der Waals surface area contributed by atoms with E-state index in [0.29, 0.717) is 5.92 Å². The van der Waals surface area contributed by atoms with Crippen molar-refractivity contribution in [3.05, 3.63) is 34.2 Å². The SMILES string of the molecule is CCNC(=NCCCCn1c(C)cccc1=O)N(C)CC1CCOC1.I. The van der Waals surface area contributed by atoms with Crippen molar-refractivity contribution in [1.82, 2.24) is 14.8 Å². The number of unbranched alkanes of at least 4 members (excludes halogenated alkanes) is 1. The Kier molecular flexibility index (Phi) is 10.9. The molecule has 0 spiro atoms. The highest BCUT2D eigenvalue weighted by Gasteiger charge is 2.18. The molecule has 0 bridgehead atoms. The minimum Gasteiger partial charge on any atom is -0.381 e. The Labute approximate surface area is 174 Å². The van der Waals surface area contributed by atoms with Gasteiger partial charge in [0.05, 0.1) is 6.61 Å². The molecule has 0 amide bonds. The lowest BCUT2D eigenvalue weighted by Gasteiger charge is -2.24. The molecular weight excluding hydrogens is 443 g/mol. The smallest absolute Gasteiger partial charge is 0.250 e. The predicted molar refractivity (Wildman–Crippen MR) is 118 cm³/mol. The van der Waals surface area contributed by atoms with Gasteiger partial charge in [-0.2, -0.15) is 0 Å². The standard InChI is InChI=1S/C19H32N4O2.HI/c1-4-20-19(22(3)14-17-10-13-25-15-17)21-11-5-6-12-23-16(2)8-7-9-18(23)24;/h7-9,17H,4-6,10-15H2,1-3H3,(H,20,21);1H. The van der Waals surface area contributed by atoms with Crippen LogP contribution >= 0.6 is 24.0 Å². The number of rotatable bonds is 8. The molecule has 1 aromatic heterocycles. The number of guanidine groups is 1. The Morgan fingerprint density at radius 1 is 1.42 bits per heavy atom. The van der Waals surface area contributed by atoms with Crippen LogP contribution < -0.4 is 10.9 Å². The second kappa shape index (κ2) is 12.3. The van der Waals surface area contributed by atoms with E-state index in [1.54, 1.807) is 6.07 Å². The number of hydrogen-bond acceptors (Lipinski definition) is 3. The Morgan fingerprint density at radius 2 is 2.23 bits per heavy atom. The molecule has 2 rings (SSSR count). The fraction of sp³-hybridized carbons (Fsp3) is 0.684. The number of nitrogens with one attached hydrogen (secondary N) is 1. The third-order valence-corrected chi connectivity index (χ3v) is 4.57. The van der Waals surface area contributed by atoms with Gasteiger partial charge < -0.3 is 19.5 Å². The maximum absolute atomic E-state index is 11.9. The first-order valence-corrected chi connectivity index (χ1v) is 9.35. The Balaban J connectivity index is 0.00000338. The first-order valence-electron chi connectivity index (χ1n) is 9.35. The average Bonchev–Trinajstić information content (AvgIpc) is 3.08. The lowest BCUT2D eigenvalue weighted by molar-refractivity contribution is 0.181. The molecule has 0 aliphatic carbocycles. The summed E-state index contributed by atoms with van der Waals surface area (Å²) in [5.41, 5.74) is 1.10. The number of aryl methyl sites for hydroxylation is 1. The highest BCUT2D eigenvalue weighted by molar-refractivity contribution is 14.0. The van der Waals surface area contributed by atoms with Gasteiger partial charge in [0.15, 0.2) is 5.96 Å². The predicted octanol–water partition coefficient (Wildman–Crippen LogP) is 2.49. The summed E-state index contributed by atoms with van der Waals surface area (Å²) in [6, 6.07) is 5.41. The van der Waals surface area contributed by atoms with E-state index >= 15 is 0 Å². The van der Waals surface area contributed by atoms with Crippen molar-refractivity contribution < 1.29 is 4.74 Å².